The van der Waals surface area contributed by atoms with Crippen molar-refractivity contribution in [1.29, 1.82) is 0 Å². The topological polar surface area (TPSA) is 93.8 Å². The van der Waals surface area contributed by atoms with Gasteiger partial charge >= 0.3 is 12.0 Å². The van der Waals surface area contributed by atoms with Crippen molar-refractivity contribution in [2.24, 2.45) is 10.8 Å². The predicted molar refractivity (Wildman–Crippen MR) is 69.5 cm³/mol. The molecule has 1 aromatic carbocycles. The number of carbonyl (C=O) groups is 2. The van der Waals surface area contributed by atoms with Crippen LogP contribution in [0.25, 0.3) is 0 Å². The van der Waals surface area contributed by atoms with Gasteiger partial charge in [0.2, 0.25) is 0 Å². The van der Waals surface area contributed by atoms with Gasteiger partial charge in [-0.05, 0) is 12.5 Å². The van der Waals surface area contributed by atoms with Crippen LogP contribution in [0.3, 0.4) is 0 Å². The van der Waals surface area contributed by atoms with Gasteiger partial charge in [-0.15, -0.1) is 0 Å². The highest BCUT2D eigenvalue weighted by Gasteiger charge is 2.36. The molecule has 6 heteroatoms. The number of primary amides is 1. The van der Waals surface area contributed by atoms with Gasteiger partial charge in [-0.2, -0.15) is 5.10 Å². The van der Waals surface area contributed by atoms with Crippen molar-refractivity contribution in [2.45, 2.75) is 25.4 Å². The molecule has 2 amide bonds. The Morgan fingerprint density at radius 3 is 2.74 bits per heavy atom. The fourth-order valence-electron chi connectivity index (χ4n) is 2.01. The molecule has 2 rings (SSSR count). The Balaban J connectivity index is 2.07. The van der Waals surface area contributed by atoms with E-state index in [1.165, 1.54) is 0 Å². The minimum atomic E-state index is -0.747. The van der Waals surface area contributed by atoms with Crippen LogP contribution in [0.1, 0.15) is 24.8 Å². The molecule has 0 aliphatic carbocycles. The molecule has 2 atom stereocenters. The largest absolute Gasteiger partial charge is 0.456 e. The number of esters is 1. The fourth-order valence-corrected chi connectivity index (χ4v) is 2.01. The minimum Gasteiger partial charge on any atom is -0.456 e. The third kappa shape index (κ3) is 3.09. The Morgan fingerprint density at radius 2 is 2.11 bits per heavy atom. The molecule has 6 nitrogen and oxygen atoms in total. The molecule has 1 heterocycles. The summed E-state index contributed by atoms with van der Waals surface area (Å²) in [5.74, 6) is -0.560. The molecular formula is C13H15N3O3. The van der Waals surface area contributed by atoms with E-state index in [1.54, 1.807) is 6.92 Å². The number of nitrogens with zero attached hydrogens (tertiary/aromatic N) is 1. The van der Waals surface area contributed by atoms with E-state index in [9.17, 15) is 9.59 Å². The van der Waals surface area contributed by atoms with E-state index in [4.69, 9.17) is 10.5 Å². The summed E-state index contributed by atoms with van der Waals surface area (Å²) < 4.78 is 5.26. The SMILES string of the molecule is C/C(=N/NC(N)=O)[C@H]1C[C@H](c2ccccc2)C(=O)O1. The lowest BCUT2D eigenvalue weighted by atomic mass is 9.95. The summed E-state index contributed by atoms with van der Waals surface area (Å²) in [6.07, 6.45) is 0.0862. The first-order chi connectivity index (χ1) is 9.08. The summed E-state index contributed by atoms with van der Waals surface area (Å²) in [4.78, 5) is 22.4. The van der Waals surface area contributed by atoms with Crippen LogP contribution in [-0.2, 0) is 9.53 Å². The van der Waals surface area contributed by atoms with Gasteiger partial charge in [-0.25, -0.2) is 10.2 Å². The highest BCUT2D eigenvalue weighted by molar-refractivity contribution is 5.93. The van der Waals surface area contributed by atoms with Gasteiger partial charge in [0.25, 0.3) is 0 Å². The van der Waals surface area contributed by atoms with Crippen molar-refractivity contribution < 1.29 is 14.3 Å². The van der Waals surface area contributed by atoms with Crippen molar-refractivity contribution in [3.63, 3.8) is 0 Å². The number of hydrogen-bond acceptors (Lipinski definition) is 4. The molecule has 0 saturated carbocycles. The Hall–Kier alpha value is -2.37. The average molecular weight is 261 g/mol. The number of nitrogens with two attached hydrogens (primary N) is 1. The minimum absolute atomic E-state index is 0.273. The van der Waals surface area contributed by atoms with Crippen LogP contribution < -0.4 is 11.2 Å². The lowest BCUT2D eigenvalue weighted by molar-refractivity contribution is -0.140. The number of rotatable bonds is 3. The van der Waals surface area contributed by atoms with Crippen LogP contribution in [0, 0.1) is 0 Å². The highest BCUT2D eigenvalue weighted by atomic mass is 16.6. The lowest BCUT2D eigenvalue weighted by Crippen LogP contribution is -2.28. The number of urea groups is 1. The first-order valence-corrected chi connectivity index (χ1v) is 5.93. The van der Waals surface area contributed by atoms with E-state index in [-0.39, 0.29) is 11.9 Å². The maximum atomic E-state index is 11.8. The standard InChI is InChI=1S/C13H15N3O3/c1-8(15-16-13(14)18)11-7-10(12(17)19-11)9-5-3-2-4-6-9/h2-6,10-11H,7H2,1H3,(H3,14,16,18)/b15-8-/t10-,11-/m1/s1. The average Bonchev–Trinajstić information content (AvgIpc) is 2.79. The van der Waals surface area contributed by atoms with E-state index >= 15 is 0 Å². The Morgan fingerprint density at radius 1 is 1.42 bits per heavy atom. The Bertz CT molecular complexity index is 513. The number of hydrogen-bond donors (Lipinski definition) is 2. The number of benzene rings is 1. The molecule has 3 N–H and O–H groups in total. The summed E-state index contributed by atoms with van der Waals surface area (Å²) in [7, 11) is 0. The van der Waals surface area contributed by atoms with Crippen LogP contribution in [0.5, 0.6) is 0 Å². The van der Waals surface area contributed by atoms with Gasteiger partial charge in [0.1, 0.15) is 6.10 Å². The summed E-state index contributed by atoms with van der Waals surface area (Å²) in [5.41, 5.74) is 8.49. The number of carbonyl (C=O) groups excluding carboxylic acids is 2. The molecule has 100 valence electrons. The number of amides is 2. The molecule has 0 aromatic heterocycles. The van der Waals surface area contributed by atoms with Gasteiger partial charge < -0.3 is 10.5 Å². The van der Waals surface area contributed by atoms with Crippen LogP contribution in [-0.4, -0.2) is 23.8 Å². The molecule has 19 heavy (non-hydrogen) atoms. The van der Waals surface area contributed by atoms with E-state index < -0.39 is 12.1 Å². The second-order valence-corrected chi connectivity index (χ2v) is 4.35. The van der Waals surface area contributed by atoms with E-state index in [2.05, 4.69) is 10.5 Å². The number of nitrogens with one attached hydrogen (secondary N) is 1. The first kappa shape index (κ1) is 13.1. The highest BCUT2D eigenvalue weighted by Crippen LogP contribution is 2.31. The maximum absolute atomic E-state index is 11.8. The fraction of sp³-hybridized carbons (Fsp3) is 0.308. The molecule has 0 bridgehead atoms. The van der Waals surface area contributed by atoms with E-state index in [0.29, 0.717) is 12.1 Å². The number of hydrazone groups is 1. The predicted octanol–water partition coefficient (Wildman–Crippen LogP) is 1.13. The van der Waals surface area contributed by atoms with Crippen LogP contribution in [0.4, 0.5) is 4.79 Å². The lowest BCUT2D eigenvalue weighted by Gasteiger charge is -2.07. The van der Waals surface area contributed by atoms with Crippen LogP contribution in [0.2, 0.25) is 0 Å². The molecular weight excluding hydrogens is 246 g/mol. The molecule has 1 aliphatic rings. The summed E-state index contributed by atoms with van der Waals surface area (Å²) in [6.45, 7) is 1.68. The van der Waals surface area contributed by atoms with Crippen molar-refractivity contribution in [1.82, 2.24) is 5.43 Å². The zero-order valence-electron chi connectivity index (χ0n) is 10.5. The molecule has 1 aromatic rings. The van der Waals surface area contributed by atoms with Crippen molar-refractivity contribution >= 4 is 17.7 Å². The smallest absolute Gasteiger partial charge is 0.332 e. The van der Waals surface area contributed by atoms with Crippen molar-refractivity contribution in [3.05, 3.63) is 35.9 Å². The molecule has 1 aliphatic heterocycles. The first-order valence-electron chi connectivity index (χ1n) is 5.93. The van der Waals surface area contributed by atoms with Gasteiger partial charge in [-0.1, -0.05) is 30.3 Å². The van der Waals surface area contributed by atoms with E-state index in [1.807, 2.05) is 30.3 Å². The number of ether oxygens (including phenoxy) is 1. The Kier molecular flexibility index (Phi) is 3.79. The summed E-state index contributed by atoms with van der Waals surface area (Å²) >= 11 is 0. The maximum Gasteiger partial charge on any atom is 0.332 e. The second kappa shape index (κ2) is 5.51. The second-order valence-electron chi connectivity index (χ2n) is 4.35. The third-order valence-electron chi connectivity index (χ3n) is 3.00. The zero-order valence-corrected chi connectivity index (χ0v) is 10.5. The van der Waals surface area contributed by atoms with Crippen LogP contribution in [0.15, 0.2) is 35.4 Å². The Labute approximate surface area is 110 Å². The quantitative estimate of drug-likeness (QED) is 0.485. The van der Waals surface area contributed by atoms with Crippen molar-refractivity contribution in [3.8, 4) is 0 Å². The van der Waals surface area contributed by atoms with Gasteiger partial charge in [-0.3, -0.25) is 4.79 Å². The monoisotopic (exact) mass is 261 g/mol. The van der Waals surface area contributed by atoms with E-state index in [0.717, 1.165) is 5.56 Å². The molecule has 1 saturated heterocycles. The summed E-state index contributed by atoms with van der Waals surface area (Å²) in [5, 5.41) is 3.78. The zero-order chi connectivity index (χ0) is 13.8. The van der Waals surface area contributed by atoms with Crippen molar-refractivity contribution in [2.75, 3.05) is 0 Å². The third-order valence-corrected chi connectivity index (χ3v) is 3.00. The van der Waals surface area contributed by atoms with Gasteiger partial charge in [0, 0.05) is 6.42 Å². The molecule has 0 radical (unpaired) electrons. The molecule has 0 unspecified atom stereocenters. The summed E-state index contributed by atoms with van der Waals surface area (Å²) in [6, 6.07) is 8.69. The van der Waals surface area contributed by atoms with Gasteiger partial charge in [0.05, 0.1) is 11.6 Å². The molecule has 1 fully saturated rings. The normalized spacial score (nSPS) is 23.0. The van der Waals surface area contributed by atoms with Crippen LogP contribution >= 0.6 is 0 Å². The molecule has 0 spiro atoms. The number of cyclic esters (lactones) is 1. The van der Waals surface area contributed by atoms with Gasteiger partial charge in [0.15, 0.2) is 0 Å².